The van der Waals surface area contributed by atoms with Crippen LogP contribution in [-0.4, -0.2) is 17.5 Å². The number of para-hydroxylation sites is 1. The van der Waals surface area contributed by atoms with Gasteiger partial charge in [-0.15, -0.1) is 11.3 Å². The molecule has 0 radical (unpaired) electrons. The van der Waals surface area contributed by atoms with Crippen molar-refractivity contribution in [1.82, 2.24) is 10.3 Å². The number of carbonyl (C=O) groups excluding carboxylic acids is 1. The lowest BCUT2D eigenvalue weighted by Gasteiger charge is -2.09. The number of ether oxygens (including phenoxy) is 1. The zero-order valence-electron chi connectivity index (χ0n) is 12.0. The minimum absolute atomic E-state index is 0.125. The van der Waals surface area contributed by atoms with E-state index in [9.17, 15) is 4.79 Å². The zero-order chi connectivity index (χ0) is 14.7. The number of benzene rings is 1. The zero-order valence-corrected chi connectivity index (χ0v) is 12.8. The molecule has 0 unspecified atom stereocenters. The van der Waals surface area contributed by atoms with Crippen LogP contribution >= 0.6 is 11.3 Å². The first kappa shape index (κ1) is 14.1. The van der Waals surface area contributed by atoms with E-state index in [1.165, 1.54) is 17.8 Å². The van der Waals surface area contributed by atoms with Gasteiger partial charge in [0.1, 0.15) is 5.75 Å². The Labute approximate surface area is 128 Å². The van der Waals surface area contributed by atoms with E-state index in [4.69, 9.17) is 4.74 Å². The summed E-state index contributed by atoms with van der Waals surface area (Å²) in [6.45, 7) is 2.91. The number of thiazole rings is 1. The van der Waals surface area contributed by atoms with Crippen molar-refractivity contribution >= 4 is 17.2 Å². The number of nitrogens with zero attached hydrogens (tertiary/aromatic N) is 1. The molecule has 1 aliphatic carbocycles. The van der Waals surface area contributed by atoms with Gasteiger partial charge in [0.05, 0.1) is 29.4 Å². The first-order valence-electron chi connectivity index (χ1n) is 7.22. The molecule has 1 amide bonds. The summed E-state index contributed by atoms with van der Waals surface area (Å²) in [5.41, 5.74) is 1.50. The number of aromatic nitrogens is 1. The summed E-state index contributed by atoms with van der Waals surface area (Å²) in [6.07, 6.45) is 2.50. The van der Waals surface area contributed by atoms with E-state index >= 15 is 0 Å². The molecule has 1 N–H and O–H groups in total. The Kier molecular flexibility index (Phi) is 4.20. The molecular formula is C16H18N2O2S. The maximum Gasteiger partial charge on any atom is 0.255 e. The molecule has 4 nitrogen and oxygen atoms in total. The fourth-order valence-electron chi connectivity index (χ4n) is 2.12. The van der Waals surface area contributed by atoms with Gasteiger partial charge in [0, 0.05) is 11.3 Å². The van der Waals surface area contributed by atoms with Crippen molar-refractivity contribution in [1.29, 1.82) is 0 Å². The van der Waals surface area contributed by atoms with Gasteiger partial charge in [0.2, 0.25) is 0 Å². The lowest BCUT2D eigenvalue weighted by Crippen LogP contribution is -2.23. The Balaban J connectivity index is 1.62. The molecule has 0 bridgehead atoms. The second-order valence-electron chi connectivity index (χ2n) is 5.06. The molecule has 1 aromatic carbocycles. The summed E-state index contributed by atoms with van der Waals surface area (Å²) in [6, 6.07) is 7.29. The van der Waals surface area contributed by atoms with Crippen molar-refractivity contribution < 1.29 is 9.53 Å². The van der Waals surface area contributed by atoms with E-state index in [1.807, 2.05) is 30.5 Å². The minimum atomic E-state index is -0.125. The van der Waals surface area contributed by atoms with Crippen LogP contribution < -0.4 is 10.1 Å². The molecule has 21 heavy (non-hydrogen) atoms. The van der Waals surface area contributed by atoms with Gasteiger partial charge >= 0.3 is 0 Å². The molecule has 0 saturated heterocycles. The molecule has 1 aliphatic rings. The number of hydrogen-bond donors (Lipinski definition) is 1. The molecule has 110 valence electrons. The highest BCUT2D eigenvalue weighted by atomic mass is 32.1. The second-order valence-corrected chi connectivity index (χ2v) is 5.95. The summed E-state index contributed by atoms with van der Waals surface area (Å²) in [5, 5.41) is 6.14. The molecule has 1 aromatic heterocycles. The van der Waals surface area contributed by atoms with Gasteiger partial charge in [-0.25, -0.2) is 4.98 Å². The lowest BCUT2D eigenvalue weighted by atomic mass is 10.2. The maximum absolute atomic E-state index is 12.3. The van der Waals surface area contributed by atoms with E-state index in [-0.39, 0.29) is 5.91 Å². The van der Waals surface area contributed by atoms with Crippen LogP contribution in [0.2, 0.25) is 0 Å². The SMILES string of the molecule is CCOc1ccccc1C(=O)NCc1csc(C2CC2)n1. The third kappa shape index (κ3) is 3.42. The third-order valence-corrected chi connectivity index (χ3v) is 4.41. The Bertz CT molecular complexity index is 635. The van der Waals surface area contributed by atoms with Gasteiger partial charge in [-0.2, -0.15) is 0 Å². The molecule has 5 heteroatoms. The van der Waals surface area contributed by atoms with Crippen LogP contribution in [0.5, 0.6) is 5.75 Å². The normalized spacial score (nSPS) is 14.0. The fraction of sp³-hybridized carbons (Fsp3) is 0.375. The van der Waals surface area contributed by atoms with E-state index in [0.29, 0.717) is 30.4 Å². The number of hydrogen-bond acceptors (Lipinski definition) is 4. The van der Waals surface area contributed by atoms with Crippen LogP contribution in [0.15, 0.2) is 29.6 Å². The van der Waals surface area contributed by atoms with Crippen molar-refractivity contribution in [3.05, 3.63) is 45.9 Å². The Hall–Kier alpha value is -1.88. The van der Waals surface area contributed by atoms with Gasteiger partial charge < -0.3 is 10.1 Å². The maximum atomic E-state index is 12.3. The molecule has 0 spiro atoms. The highest BCUT2D eigenvalue weighted by Gasteiger charge is 2.26. The highest BCUT2D eigenvalue weighted by Crippen LogP contribution is 2.41. The molecule has 0 atom stereocenters. The number of rotatable bonds is 6. The summed E-state index contributed by atoms with van der Waals surface area (Å²) in [5.74, 6) is 1.16. The average Bonchev–Trinajstić information content (AvgIpc) is 3.25. The highest BCUT2D eigenvalue weighted by molar-refractivity contribution is 7.09. The van der Waals surface area contributed by atoms with Crippen molar-refractivity contribution in [2.24, 2.45) is 0 Å². The van der Waals surface area contributed by atoms with Crippen LogP contribution in [0.4, 0.5) is 0 Å². The third-order valence-electron chi connectivity index (χ3n) is 3.36. The summed E-state index contributed by atoms with van der Waals surface area (Å²) >= 11 is 1.69. The van der Waals surface area contributed by atoms with E-state index < -0.39 is 0 Å². The predicted molar refractivity (Wildman–Crippen MR) is 82.9 cm³/mol. The minimum Gasteiger partial charge on any atom is -0.493 e. The summed E-state index contributed by atoms with van der Waals surface area (Å²) < 4.78 is 5.48. The summed E-state index contributed by atoms with van der Waals surface area (Å²) in [7, 11) is 0. The number of carbonyl (C=O) groups is 1. The van der Waals surface area contributed by atoms with Crippen molar-refractivity contribution in [2.45, 2.75) is 32.2 Å². The van der Waals surface area contributed by atoms with Crippen LogP contribution in [0.25, 0.3) is 0 Å². The van der Waals surface area contributed by atoms with Gasteiger partial charge in [-0.1, -0.05) is 12.1 Å². The Morgan fingerprint density at radius 3 is 3.00 bits per heavy atom. The van der Waals surface area contributed by atoms with Gasteiger partial charge in [-0.05, 0) is 31.9 Å². The lowest BCUT2D eigenvalue weighted by molar-refractivity contribution is 0.0946. The summed E-state index contributed by atoms with van der Waals surface area (Å²) in [4.78, 5) is 16.8. The standard InChI is InChI=1S/C16H18N2O2S/c1-2-20-14-6-4-3-5-13(14)15(19)17-9-12-10-21-16(18-12)11-7-8-11/h3-6,10-11H,2,7-9H2,1H3,(H,17,19). The Morgan fingerprint density at radius 1 is 1.43 bits per heavy atom. The van der Waals surface area contributed by atoms with Crippen LogP contribution in [-0.2, 0) is 6.54 Å². The first-order chi connectivity index (χ1) is 10.3. The van der Waals surface area contributed by atoms with Crippen molar-refractivity contribution in [2.75, 3.05) is 6.61 Å². The molecule has 1 fully saturated rings. The number of amides is 1. The van der Waals surface area contributed by atoms with E-state index in [1.54, 1.807) is 17.4 Å². The monoisotopic (exact) mass is 302 g/mol. The average molecular weight is 302 g/mol. The topological polar surface area (TPSA) is 51.2 Å². The van der Waals surface area contributed by atoms with Crippen molar-refractivity contribution in [3.8, 4) is 5.75 Å². The number of nitrogens with one attached hydrogen (secondary N) is 1. The van der Waals surface area contributed by atoms with E-state index in [0.717, 1.165) is 5.69 Å². The van der Waals surface area contributed by atoms with Crippen LogP contribution in [0.1, 0.15) is 46.7 Å². The van der Waals surface area contributed by atoms with Gasteiger partial charge in [0.25, 0.3) is 5.91 Å². The van der Waals surface area contributed by atoms with Crippen LogP contribution in [0, 0.1) is 0 Å². The molecule has 1 saturated carbocycles. The van der Waals surface area contributed by atoms with Crippen molar-refractivity contribution in [3.63, 3.8) is 0 Å². The predicted octanol–water partition coefficient (Wildman–Crippen LogP) is 3.35. The van der Waals surface area contributed by atoms with Gasteiger partial charge in [0.15, 0.2) is 0 Å². The van der Waals surface area contributed by atoms with Gasteiger partial charge in [-0.3, -0.25) is 4.79 Å². The molecular weight excluding hydrogens is 284 g/mol. The molecule has 2 aromatic rings. The smallest absolute Gasteiger partial charge is 0.255 e. The molecule has 1 heterocycles. The fourth-order valence-corrected chi connectivity index (χ4v) is 3.11. The second kappa shape index (κ2) is 6.26. The Morgan fingerprint density at radius 2 is 2.24 bits per heavy atom. The van der Waals surface area contributed by atoms with Crippen LogP contribution in [0.3, 0.4) is 0 Å². The first-order valence-corrected chi connectivity index (χ1v) is 8.10. The van der Waals surface area contributed by atoms with E-state index in [2.05, 4.69) is 10.3 Å². The largest absolute Gasteiger partial charge is 0.493 e. The molecule has 0 aliphatic heterocycles. The molecule has 3 rings (SSSR count). The quantitative estimate of drug-likeness (QED) is 0.890.